The average molecular weight is 328 g/mol. The first-order valence-electron chi connectivity index (χ1n) is 7.43. The summed E-state index contributed by atoms with van der Waals surface area (Å²) in [6, 6.07) is 10.6. The molecule has 0 aliphatic rings. The summed E-state index contributed by atoms with van der Waals surface area (Å²) in [6.07, 6.45) is 1.04. The Morgan fingerprint density at radius 3 is 2.29 bits per heavy atom. The van der Waals surface area contributed by atoms with E-state index in [9.17, 15) is 9.59 Å². The summed E-state index contributed by atoms with van der Waals surface area (Å²) < 4.78 is 9.87. The Hall–Kier alpha value is -2.89. The number of ether oxygens (including phenoxy) is 2. The lowest BCUT2D eigenvalue weighted by molar-refractivity contribution is 0.0592. The predicted octanol–water partition coefficient (Wildman–Crippen LogP) is 3.88. The van der Waals surface area contributed by atoms with E-state index in [2.05, 4.69) is 15.0 Å². The summed E-state index contributed by atoms with van der Waals surface area (Å²) in [7, 11) is 1.31. The van der Waals surface area contributed by atoms with Gasteiger partial charge >= 0.3 is 12.1 Å². The van der Waals surface area contributed by atoms with Crippen molar-refractivity contribution in [2.24, 2.45) is 0 Å². The summed E-state index contributed by atoms with van der Waals surface area (Å²) in [5.41, 5.74) is 2.03. The zero-order valence-corrected chi connectivity index (χ0v) is 14.1. The number of amides is 1. The lowest BCUT2D eigenvalue weighted by Gasteiger charge is -2.19. The number of nitrogens with zero attached hydrogens (tertiary/aromatic N) is 1. The number of pyridine rings is 1. The van der Waals surface area contributed by atoms with Crippen molar-refractivity contribution in [3.63, 3.8) is 0 Å². The van der Waals surface area contributed by atoms with E-state index in [0.717, 1.165) is 11.1 Å². The fourth-order valence-corrected chi connectivity index (χ4v) is 1.99. The summed E-state index contributed by atoms with van der Waals surface area (Å²) in [6.45, 7) is 5.41. The summed E-state index contributed by atoms with van der Waals surface area (Å²) in [4.78, 5) is 27.3. The predicted molar refractivity (Wildman–Crippen MR) is 90.9 cm³/mol. The SMILES string of the molecule is COC(=O)c1cc(-c2ccc(NC(=O)OC(C)(C)C)cc2)ccn1. The minimum absolute atomic E-state index is 0.242. The Morgan fingerprint density at radius 1 is 1.04 bits per heavy atom. The van der Waals surface area contributed by atoms with Gasteiger partial charge in [0, 0.05) is 11.9 Å². The molecule has 24 heavy (non-hydrogen) atoms. The molecular formula is C18H20N2O4. The molecule has 1 N–H and O–H groups in total. The molecule has 1 aromatic heterocycles. The third kappa shape index (κ3) is 4.81. The molecule has 2 rings (SSSR count). The van der Waals surface area contributed by atoms with Gasteiger partial charge in [-0.05, 0) is 56.2 Å². The first-order valence-corrected chi connectivity index (χ1v) is 7.43. The van der Waals surface area contributed by atoms with Crippen LogP contribution in [0.25, 0.3) is 11.1 Å². The summed E-state index contributed by atoms with van der Waals surface area (Å²) in [5.74, 6) is -0.486. The van der Waals surface area contributed by atoms with Crippen molar-refractivity contribution in [3.8, 4) is 11.1 Å². The Balaban J connectivity index is 2.12. The minimum Gasteiger partial charge on any atom is -0.464 e. The standard InChI is InChI=1S/C18H20N2O4/c1-18(2,3)24-17(22)20-14-7-5-12(6-8-14)13-9-10-19-15(11-13)16(21)23-4/h5-11H,1-4H3,(H,20,22). The second-order valence-corrected chi connectivity index (χ2v) is 6.13. The van der Waals surface area contributed by atoms with E-state index in [1.165, 1.54) is 7.11 Å². The maximum atomic E-state index is 11.7. The zero-order valence-electron chi connectivity index (χ0n) is 14.1. The van der Waals surface area contributed by atoms with Crippen LogP contribution in [0.2, 0.25) is 0 Å². The molecule has 6 heteroatoms. The Bertz CT molecular complexity index is 733. The Labute approximate surface area is 140 Å². The highest BCUT2D eigenvalue weighted by Crippen LogP contribution is 2.22. The fraction of sp³-hybridized carbons (Fsp3) is 0.278. The quantitative estimate of drug-likeness (QED) is 0.865. The van der Waals surface area contributed by atoms with E-state index in [1.807, 2.05) is 12.1 Å². The van der Waals surface area contributed by atoms with E-state index in [0.29, 0.717) is 5.69 Å². The number of esters is 1. The highest BCUT2D eigenvalue weighted by atomic mass is 16.6. The molecule has 0 fully saturated rings. The van der Waals surface area contributed by atoms with Crippen molar-refractivity contribution in [1.29, 1.82) is 0 Å². The number of hydrogen-bond acceptors (Lipinski definition) is 5. The van der Waals surface area contributed by atoms with E-state index >= 15 is 0 Å². The van der Waals surface area contributed by atoms with Gasteiger partial charge in [0.25, 0.3) is 0 Å². The normalized spacial score (nSPS) is 10.8. The molecule has 0 bridgehead atoms. The molecule has 0 atom stereocenters. The van der Waals surface area contributed by atoms with Gasteiger partial charge in [-0.15, -0.1) is 0 Å². The largest absolute Gasteiger partial charge is 0.464 e. The van der Waals surface area contributed by atoms with Crippen LogP contribution in [0.5, 0.6) is 0 Å². The van der Waals surface area contributed by atoms with E-state index in [1.54, 1.807) is 51.2 Å². The van der Waals surface area contributed by atoms with Gasteiger partial charge in [0.1, 0.15) is 11.3 Å². The van der Waals surface area contributed by atoms with Crippen LogP contribution in [-0.4, -0.2) is 29.8 Å². The summed E-state index contributed by atoms with van der Waals surface area (Å²) in [5, 5.41) is 2.67. The van der Waals surface area contributed by atoms with Crippen LogP contribution < -0.4 is 5.32 Å². The second kappa shape index (κ2) is 7.12. The molecule has 1 aromatic carbocycles. The van der Waals surface area contributed by atoms with Crippen LogP contribution in [0, 0.1) is 0 Å². The monoisotopic (exact) mass is 328 g/mol. The molecule has 0 aliphatic heterocycles. The van der Waals surface area contributed by atoms with Gasteiger partial charge in [0.05, 0.1) is 7.11 Å². The molecule has 0 saturated heterocycles. The van der Waals surface area contributed by atoms with Crippen molar-refractivity contribution in [1.82, 2.24) is 4.98 Å². The van der Waals surface area contributed by atoms with Crippen molar-refractivity contribution in [2.45, 2.75) is 26.4 Å². The molecule has 0 aliphatic carbocycles. The maximum absolute atomic E-state index is 11.7. The molecule has 0 spiro atoms. The average Bonchev–Trinajstić information content (AvgIpc) is 2.53. The second-order valence-electron chi connectivity index (χ2n) is 6.13. The number of carbonyl (C=O) groups is 2. The van der Waals surface area contributed by atoms with Gasteiger partial charge < -0.3 is 9.47 Å². The number of hydrogen-bond donors (Lipinski definition) is 1. The zero-order chi connectivity index (χ0) is 17.7. The van der Waals surface area contributed by atoms with Crippen molar-refractivity contribution in [3.05, 3.63) is 48.3 Å². The van der Waals surface area contributed by atoms with Crippen molar-refractivity contribution >= 4 is 17.7 Å². The molecule has 0 unspecified atom stereocenters. The highest BCUT2D eigenvalue weighted by molar-refractivity contribution is 5.89. The first-order chi connectivity index (χ1) is 11.3. The maximum Gasteiger partial charge on any atom is 0.412 e. The van der Waals surface area contributed by atoms with Crippen LogP contribution in [0.1, 0.15) is 31.3 Å². The number of aromatic nitrogens is 1. The lowest BCUT2D eigenvalue weighted by Crippen LogP contribution is -2.27. The summed E-state index contributed by atoms with van der Waals surface area (Å²) >= 11 is 0. The minimum atomic E-state index is -0.550. The van der Waals surface area contributed by atoms with Gasteiger partial charge in [-0.1, -0.05) is 12.1 Å². The van der Waals surface area contributed by atoms with Crippen LogP contribution in [0.15, 0.2) is 42.6 Å². The molecule has 0 radical (unpaired) electrons. The topological polar surface area (TPSA) is 77.5 Å². The number of methoxy groups -OCH3 is 1. The number of rotatable bonds is 3. The number of carbonyl (C=O) groups excluding carboxylic acids is 2. The van der Waals surface area contributed by atoms with Gasteiger partial charge in [-0.3, -0.25) is 5.32 Å². The molecule has 2 aromatic rings. The van der Waals surface area contributed by atoms with Crippen LogP contribution in [-0.2, 0) is 9.47 Å². The molecule has 6 nitrogen and oxygen atoms in total. The third-order valence-corrected chi connectivity index (χ3v) is 3.02. The lowest BCUT2D eigenvalue weighted by atomic mass is 10.1. The van der Waals surface area contributed by atoms with Gasteiger partial charge in [0.2, 0.25) is 0 Å². The van der Waals surface area contributed by atoms with E-state index in [-0.39, 0.29) is 5.69 Å². The fourth-order valence-electron chi connectivity index (χ4n) is 1.99. The van der Waals surface area contributed by atoms with Crippen LogP contribution >= 0.6 is 0 Å². The van der Waals surface area contributed by atoms with Gasteiger partial charge in [-0.25, -0.2) is 14.6 Å². The Morgan fingerprint density at radius 2 is 1.71 bits per heavy atom. The van der Waals surface area contributed by atoms with Crippen molar-refractivity contribution < 1.29 is 19.1 Å². The van der Waals surface area contributed by atoms with Crippen LogP contribution in [0.3, 0.4) is 0 Å². The number of benzene rings is 1. The highest BCUT2D eigenvalue weighted by Gasteiger charge is 2.16. The first kappa shape index (κ1) is 17.5. The Kier molecular flexibility index (Phi) is 5.18. The van der Waals surface area contributed by atoms with Gasteiger partial charge in [0.15, 0.2) is 0 Å². The van der Waals surface area contributed by atoms with Gasteiger partial charge in [-0.2, -0.15) is 0 Å². The molecule has 1 heterocycles. The van der Waals surface area contributed by atoms with E-state index < -0.39 is 17.7 Å². The number of anilines is 1. The van der Waals surface area contributed by atoms with E-state index in [4.69, 9.17) is 4.74 Å². The van der Waals surface area contributed by atoms with Crippen LogP contribution in [0.4, 0.5) is 10.5 Å². The molecule has 0 saturated carbocycles. The molecular weight excluding hydrogens is 308 g/mol. The molecule has 126 valence electrons. The molecule has 1 amide bonds. The third-order valence-electron chi connectivity index (χ3n) is 3.02. The smallest absolute Gasteiger partial charge is 0.412 e. The van der Waals surface area contributed by atoms with Crippen molar-refractivity contribution in [2.75, 3.05) is 12.4 Å². The number of nitrogens with one attached hydrogen (secondary N) is 1.